The molecule has 1 aliphatic rings. The molecule has 4 aromatic rings. The second-order valence-corrected chi connectivity index (χ2v) is 8.45. The zero-order valence-electron chi connectivity index (χ0n) is 17.5. The Labute approximate surface area is 192 Å². The van der Waals surface area contributed by atoms with Gasteiger partial charge in [0.05, 0.1) is 29.4 Å². The van der Waals surface area contributed by atoms with Gasteiger partial charge in [0.15, 0.2) is 11.5 Å². The number of anilines is 1. The second-order valence-electron chi connectivity index (χ2n) is 7.57. The Bertz CT molecular complexity index is 1440. The van der Waals surface area contributed by atoms with Crippen molar-refractivity contribution in [2.75, 3.05) is 31.1 Å². The summed E-state index contributed by atoms with van der Waals surface area (Å²) in [5.41, 5.74) is 7.85. The molecule has 33 heavy (non-hydrogen) atoms. The molecular weight excluding hydrogens is 440 g/mol. The van der Waals surface area contributed by atoms with Crippen molar-refractivity contribution in [3.8, 4) is 11.3 Å². The maximum atomic E-state index is 12.7. The SMILES string of the molecule is N=C(c1cncc(-c2csc3c(=O)cc(N4CCNCC4)oc23)n1)c1ccccc1C(N)=O. The number of nitrogens with two attached hydrogens (primary N) is 1. The highest BCUT2D eigenvalue weighted by Gasteiger charge is 2.20. The van der Waals surface area contributed by atoms with Crippen molar-refractivity contribution in [1.82, 2.24) is 15.3 Å². The largest absolute Gasteiger partial charge is 0.439 e. The summed E-state index contributed by atoms with van der Waals surface area (Å²) in [5.74, 6) is -0.0913. The number of piperazine rings is 1. The summed E-state index contributed by atoms with van der Waals surface area (Å²) >= 11 is 1.29. The Balaban J connectivity index is 1.57. The van der Waals surface area contributed by atoms with E-state index in [-0.39, 0.29) is 22.4 Å². The lowest BCUT2D eigenvalue weighted by molar-refractivity contribution is 0.1000. The first-order valence-corrected chi connectivity index (χ1v) is 11.2. The van der Waals surface area contributed by atoms with Gasteiger partial charge in [-0.15, -0.1) is 11.3 Å². The van der Waals surface area contributed by atoms with Crippen molar-refractivity contribution in [2.24, 2.45) is 5.73 Å². The predicted octanol–water partition coefficient (Wildman–Crippen LogP) is 2.24. The molecule has 0 unspecified atom stereocenters. The average Bonchev–Trinajstić information content (AvgIpc) is 3.29. The van der Waals surface area contributed by atoms with Gasteiger partial charge in [0.25, 0.3) is 0 Å². The monoisotopic (exact) mass is 460 g/mol. The molecule has 0 radical (unpaired) electrons. The van der Waals surface area contributed by atoms with Crippen LogP contribution in [-0.2, 0) is 0 Å². The van der Waals surface area contributed by atoms with Gasteiger partial charge in [-0.25, -0.2) is 4.98 Å². The fourth-order valence-corrected chi connectivity index (χ4v) is 4.72. The zero-order chi connectivity index (χ0) is 22.9. The van der Waals surface area contributed by atoms with E-state index < -0.39 is 5.91 Å². The summed E-state index contributed by atoms with van der Waals surface area (Å²) in [6, 6.07) is 8.17. The number of hydrogen-bond acceptors (Lipinski definition) is 9. The number of fused-ring (bicyclic) bond motifs is 1. The number of amides is 1. The molecule has 1 amide bonds. The summed E-state index contributed by atoms with van der Waals surface area (Å²) in [6.45, 7) is 3.14. The fraction of sp³-hybridized carbons (Fsp3) is 0.174. The smallest absolute Gasteiger partial charge is 0.249 e. The van der Waals surface area contributed by atoms with Crippen molar-refractivity contribution >= 4 is 39.1 Å². The number of benzene rings is 1. The van der Waals surface area contributed by atoms with Crippen molar-refractivity contribution in [1.29, 1.82) is 5.41 Å². The van der Waals surface area contributed by atoms with E-state index in [1.54, 1.807) is 30.5 Å². The van der Waals surface area contributed by atoms with Crippen molar-refractivity contribution in [3.05, 3.63) is 75.1 Å². The van der Waals surface area contributed by atoms with Crippen LogP contribution in [-0.4, -0.2) is 47.8 Å². The molecule has 0 atom stereocenters. The van der Waals surface area contributed by atoms with Crippen LogP contribution in [0.25, 0.3) is 21.5 Å². The van der Waals surface area contributed by atoms with Gasteiger partial charge in [-0.3, -0.25) is 20.0 Å². The minimum absolute atomic E-state index is 0.0289. The van der Waals surface area contributed by atoms with Crippen molar-refractivity contribution in [2.45, 2.75) is 0 Å². The quantitative estimate of drug-likeness (QED) is 0.388. The Morgan fingerprint density at radius 1 is 1.18 bits per heavy atom. The number of carbonyl (C=O) groups excluding carboxylic acids is 1. The predicted molar refractivity (Wildman–Crippen MR) is 127 cm³/mol. The molecule has 166 valence electrons. The first kappa shape index (κ1) is 21.0. The zero-order valence-corrected chi connectivity index (χ0v) is 18.3. The first-order valence-electron chi connectivity index (χ1n) is 10.3. The molecule has 4 heterocycles. The minimum atomic E-state index is -0.620. The number of rotatable bonds is 5. The molecule has 0 spiro atoms. The fourth-order valence-electron chi connectivity index (χ4n) is 3.82. The van der Waals surface area contributed by atoms with Crippen LogP contribution in [0.2, 0.25) is 0 Å². The van der Waals surface area contributed by atoms with Gasteiger partial charge in [-0.2, -0.15) is 0 Å². The highest BCUT2D eigenvalue weighted by Crippen LogP contribution is 2.33. The van der Waals surface area contributed by atoms with Gasteiger partial charge in [0.2, 0.25) is 11.3 Å². The van der Waals surface area contributed by atoms with Crippen LogP contribution in [0.3, 0.4) is 0 Å². The molecule has 9 nitrogen and oxygen atoms in total. The summed E-state index contributed by atoms with van der Waals surface area (Å²) < 4.78 is 6.67. The van der Waals surface area contributed by atoms with Crippen LogP contribution in [0.1, 0.15) is 21.6 Å². The summed E-state index contributed by atoms with van der Waals surface area (Å²) in [6.07, 6.45) is 3.02. The summed E-state index contributed by atoms with van der Waals surface area (Å²) in [4.78, 5) is 35.4. The topological polar surface area (TPSA) is 138 Å². The maximum absolute atomic E-state index is 12.7. The standard InChI is InChI=1S/C23H20N6O3S/c24-20(13-3-1-2-4-14(13)23(25)31)17-11-27-10-16(28-17)15-12-33-22-18(30)9-19(32-21(15)22)29-7-5-26-6-8-29/h1-4,9-12,24,26H,5-8H2,(H2,25,31). The molecule has 1 aliphatic heterocycles. The van der Waals surface area contributed by atoms with E-state index in [4.69, 9.17) is 15.6 Å². The molecule has 4 N–H and O–H groups in total. The number of nitrogens with zero attached hydrogens (tertiary/aromatic N) is 3. The molecule has 0 bridgehead atoms. The minimum Gasteiger partial charge on any atom is -0.439 e. The van der Waals surface area contributed by atoms with Crippen molar-refractivity contribution in [3.63, 3.8) is 0 Å². The molecular formula is C23H20N6O3S. The number of thiophene rings is 1. The molecule has 10 heteroatoms. The Kier molecular flexibility index (Phi) is 5.45. The van der Waals surface area contributed by atoms with Crippen LogP contribution in [0.5, 0.6) is 0 Å². The molecule has 0 aliphatic carbocycles. The molecule has 5 rings (SSSR count). The van der Waals surface area contributed by atoms with E-state index in [9.17, 15) is 9.59 Å². The molecule has 1 fully saturated rings. The third kappa shape index (κ3) is 3.90. The van der Waals surface area contributed by atoms with E-state index in [0.29, 0.717) is 33.0 Å². The van der Waals surface area contributed by atoms with Crippen LogP contribution < -0.4 is 21.4 Å². The lowest BCUT2D eigenvalue weighted by atomic mass is 10.0. The van der Waals surface area contributed by atoms with Crippen LogP contribution in [0.15, 0.2) is 57.3 Å². The van der Waals surface area contributed by atoms with Gasteiger partial charge in [0, 0.05) is 48.8 Å². The molecule has 3 aromatic heterocycles. The Morgan fingerprint density at radius 2 is 1.94 bits per heavy atom. The Hall–Kier alpha value is -3.89. The second kappa shape index (κ2) is 8.57. The van der Waals surface area contributed by atoms with Gasteiger partial charge in [-0.05, 0) is 6.07 Å². The summed E-state index contributed by atoms with van der Waals surface area (Å²) in [7, 11) is 0. The van der Waals surface area contributed by atoms with Crippen LogP contribution in [0, 0.1) is 5.41 Å². The summed E-state index contributed by atoms with van der Waals surface area (Å²) in [5, 5.41) is 13.7. The van der Waals surface area contributed by atoms with E-state index in [0.717, 1.165) is 26.2 Å². The van der Waals surface area contributed by atoms with Gasteiger partial charge >= 0.3 is 0 Å². The van der Waals surface area contributed by atoms with E-state index in [1.165, 1.54) is 23.6 Å². The molecule has 0 saturated carbocycles. The first-order chi connectivity index (χ1) is 16.0. The lowest BCUT2D eigenvalue weighted by Gasteiger charge is -2.27. The van der Waals surface area contributed by atoms with E-state index in [2.05, 4.69) is 15.3 Å². The van der Waals surface area contributed by atoms with Gasteiger partial charge < -0.3 is 20.4 Å². The lowest BCUT2D eigenvalue weighted by Crippen LogP contribution is -2.43. The highest BCUT2D eigenvalue weighted by atomic mass is 32.1. The number of primary amides is 1. The highest BCUT2D eigenvalue weighted by molar-refractivity contribution is 7.17. The number of nitrogens with one attached hydrogen (secondary N) is 2. The van der Waals surface area contributed by atoms with Gasteiger partial charge in [-0.1, -0.05) is 18.2 Å². The van der Waals surface area contributed by atoms with Gasteiger partial charge in [0.1, 0.15) is 10.4 Å². The molecule has 1 aromatic carbocycles. The maximum Gasteiger partial charge on any atom is 0.249 e. The van der Waals surface area contributed by atoms with Crippen molar-refractivity contribution < 1.29 is 9.21 Å². The van der Waals surface area contributed by atoms with E-state index >= 15 is 0 Å². The third-order valence-electron chi connectivity index (χ3n) is 5.49. The average molecular weight is 461 g/mol. The third-order valence-corrected chi connectivity index (χ3v) is 6.46. The normalized spacial score (nSPS) is 13.9. The number of carbonyl (C=O) groups is 1. The van der Waals surface area contributed by atoms with Crippen LogP contribution >= 0.6 is 11.3 Å². The molecule has 1 saturated heterocycles. The number of aromatic nitrogens is 2. The Morgan fingerprint density at radius 3 is 2.70 bits per heavy atom. The number of hydrogen-bond donors (Lipinski definition) is 3. The van der Waals surface area contributed by atoms with Crippen LogP contribution in [0.4, 0.5) is 5.88 Å². The van der Waals surface area contributed by atoms with E-state index in [1.807, 2.05) is 10.3 Å².